The summed E-state index contributed by atoms with van der Waals surface area (Å²) in [5.41, 5.74) is 0.294. The van der Waals surface area contributed by atoms with Gasteiger partial charge in [0.15, 0.2) is 0 Å². The second-order valence-corrected chi connectivity index (χ2v) is 5.85. The molecule has 0 N–H and O–H groups in total. The Hall–Kier alpha value is -1.30. The second-order valence-electron chi connectivity index (χ2n) is 5.46. The molecule has 1 saturated heterocycles. The third kappa shape index (κ3) is 3.54. The number of aryl methyl sites for hydroxylation is 1. The molecule has 0 aliphatic carbocycles. The number of likely N-dealkylation sites (tertiary alicyclic amines) is 1. The quantitative estimate of drug-likeness (QED) is 0.757. The Morgan fingerprint density at radius 3 is 2.41 bits per heavy atom. The first-order chi connectivity index (χ1) is 10.4. The van der Waals surface area contributed by atoms with Crippen LogP contribution in [0.4, 0.5) is 13.2 Å². The minimum Gasteiger partial charge on any atom is -0.496 e. The molecule has 0 saturated carbocycles. The molecule has 1 fully saturated rings. The third-order valence-corrected chi connectivity index (χ3v) is 4.33. The Balaban J connectivity index is 2.50. The Labute approximate surface area is 134 Å². The number of hydrogen-bond donors (Lipinski definition) is 0. The number of alkyl halides is 3. The van der Waals surface area contributed by atoms with E-state index in [1.807, 2.05) is 11.8 Å². The van der Waals surface area contributed by atoms with Gasteiger partial charge in [0.05, 0.1) is 12.7 Å². The number of benzene rings is 1. The van der Waals surface area contributed by atoms with Crippen molar-refractivity contribution in [3.8, 4) is 5.75 Å². The van der Waals surface area contributed by atoms with Crippen molar-refractivity contribution in [2.24, 2.45) is 0 Å². The van der Waals surface area contributed by atoms with E-state index < -0.39 is 11.7 Å². The predicted octanol–water partition coefficient (Wildman–Crippen LogP) is 4.44. The van der Waals surface area contributed by atoms with Crippen molar-refractivity contribution >= 4 is 17.2 Å². The molecule has 0 atom stereocenters. The van der Waals surface area contributed by atoms with Crippen LogP contribution in [0.25, 0.3) is 0 Å². The Bertz CT molecular complexity index is 551. The van der Waals surface area contributed by atoms with Crippen LogP contribution in [0, 0.1) is 0 Å². The first kappa shape index (κ1) is 17.1. The molecule has 1 aliphatic rings. The topological polar surface area (TPSA) is 12.5 Å². The molecular formula is C16H20F3NOS. The molecular weight excluding hydrogens is 311 g/mol. The summed E-state index contributed by atoms with van der Waals surface area (Å²) >= 11 is 5.40. The van der Waals surface area contributed by atoms with Crippen LogP contribution in [-0.4, -0.2) is 30.1 Å². The van der Waals surface area contributed by atoms with Crippen molar-refractivity contribution in [3.05, 3.63) is 28.8 Å². The van der Waals surface area contributed by atoms with Gasteiger partial charge in [0, 0.05) is 18.7 Å². The average molecular weight is 331 g/mol. The summed E-state index contributed by atoms with van der Waals surface area (Å²) in [5.74, 6) is -0.0812. The normalized spacial score (nSPS) is 15.2. The van der Waals surface area contributed by atoms with Gasteiger partial charge in [0.1, 0.15) is 10.7 Å². The van der Waals surface area contributed by atoms with Crippen LogP contribution in [0.15, 0.2) is 12.1 Å². The van der Waals surface area contributed by atoms with Crippen molar-refractivity contribution in [1.82, 2.24) is 4.90 Å². The molecule has 0 amide bonds. The summed E-state index contributed by atoms with van der Waals surface area (Å²) in [4.78, 5) is 2.48. The molecule has 1 aromatic rings. The van der Waals surface area contributed by atoms with Gasteiger partial charge in [-0.3, -0.25) is 0 Å². The lowest BCUT2D eigenvalue weighted by Crippen LogP contribution is -2.27. The number of halogens is 3. The summed E-state index contributed by atoms with van der Waals surface area (Å²) in [6, 6.07) is 2.87. The van der Waals surface area contributed by atoms with E-state index in [1.54, 1.807) is 6.07 Å². The Kier molecular flexibility index (Phi) is 5.32. The summed E-state index contributed by atoms with van der Waals surface area (Å²) < 4.78 is 45.1. The third-order valence-electron chi connectivity index (χ3n) is 3.83. The monoisotopic (exact) mass is 331 g/mol. The van der Waals surface area contributed by atoms with Crippen LogP contribution < -0.4 is 4.74 Å². The van der Waals surface area contributed by atoms with Gasteiger partial charge < -0.3 is 9.64 Å². The molecule has 0 bridgehead atoms. The fraction of sp³-hybridized carbons (Fsp3) is 0.562. The standard InChI is InChI=1S/C16H20F3NOS/c1-3-6-11-9-12(15(22)20-7-4-5-8-20)10-13(14(11)21-2)16(17,18)19/h9-10H,3-8H2,1-2H3. The molecule has 1 aromatic carbocycles. The fourth-order valence-corrected chi connectivity index (χ4v) is 3.12. The molecule has 1 heterocycles. The van der Waals surface area contributed by atoms with Crippen LogP contribution in [0.5, 0.6) is 5.75 Å². The predicted molar refractivity (Wildman–Crippen MR) is 84.5 cm³/mol. The van der Waals surface area contributed by atoms with E-state index in [0.717, 1.165) is 38.4 Å². The maximum absolute atomic E-state index is 13.3. The molecule has 0 spiro atoms. The van der Waals surface area contributed by atoms with Gasteiger partial charge in [-0.25, -0.2) is 0 Å². The van der Waals surface area contributed by atoms with E-state index in [2.05, 4.69) is 0 Å². The highest BCUT2D eigenvalue weighted by Crippen LogP contribution is 2.40. The maximum Gasteiger partial charge on any atom is 0.419 e. The van der Waals surface area contributed by atoms with Crippen molar-refractivity contribution in [2.75, 3.05) is 20.2 Å². The summed E-state index contributed by atoms with van der Waals surface area (Å²) in [6.07, 6.45) is -1.12. The van der Waals surface area contributed by atoms with Crippen molar-refractivity contribution in [2.45, 2.75) is 38.8 Å². The molecule has 2 rings (SSSR count). The second kappa shape index (κ2) is 6.86. The van der Waals surface area contributed by atoms with Gasteiger partial charge in [-0.15, -0.1) is 0 Å². The van der Waals surface area contributed by atoms with Gasteiger partial charge in [0.25, 0.3) is 0 Å². The smallest absolute Gasteiger partial charge is 0.419 e. The van der Waals surface area contributed by atoms with E-state index >= 15 is 0 Å². The molecule has 0 radical (unpaired) electrons. The maximum atomic E-state index is 13.3. The largest absolute Gasteiger partial charge is 0.496 e. The van der Waals surface area contributed by atoms with Gasteiger partial charge in [-0.1, -0.05) is 25.6 Å². The molecule has 122 valence electrons. The highest BCUT2D eigenvalue weighted by atomic mass is 32.1. The molecule has 0 unspecified atom stereocenters. The van der Waals surface area contributed by atoms with Crippen molar-refractivity contribution in [1.29, 1.82) is 0 Å². The fourth-order valence-electron chi connectivity index (χ4n) is 2.82. The lowest BCUT2D eigenvalue weighted by molar-refractivity contribution is -0.138. The van der Waals surface area contributed by atoms with Crippen LogP contribution in [0.1, 0.15) is 42.9 Å². The SMILES string of the molecule is CCCc1cc(C(=S)N2CCCC2)cc(C(F)(F)F)c1OC. The first-order valence-corrected chi connectivity index (χ1v) is 7.86. The van der Waals surface area contributed by atoms with E-state index in [-0.39, 0.29) is 5.75 Å². The zero-order valence-electron chi connectivity index (χ0n) is 12.8. The molecule has 2 nitrogen and oxygen atoms in total. The Morgan fingerprint density at radius 1 is 1.27 bits per heavy atom. The lowest BCUT2D eigenvalue weighted by atomic mass is 9.99. The molecule has 1 aliphatic heterocycles. The van der Waals surface area contributed by atoms with Crippen molar-refractivity contribution < 1.29 is 17.9 Å². The highest BCUT2D eigenvalue weighted by molar-refractivity contribution is 7.80. The zero-order valence-corrected chi connectivity index (χ0v) is 13.6. The molecule has 6 heteroatoms. The van der Waals surface area contributed by atoms with E-state index in [1.165, 1.54) is 7.11 Å². The van der Waals surface area contributed by atoms with Crippen molar-refractivity contribution in [3.63, 3.8) is 0 Å². The van der Waals surface area contributed by atoms with E-state index in [4.69, 9.17) is 17.0 Å². The van der Waals surface area contributed by atoms with Gasteiger partial charge in [0.2, 0.25) is 0 Å². The zero-order chi connectivity index (χ0) is 16.3. The minimum absolute atomic E-state index is 0.0812. The molecule has 0 aromatic heterocycles. The summed E-state index contributed by atoms with van der Waals surface area (Å²) in [5, 5.41) is 0. The van der Waals surface area contributed by atoms with Gasteiger partial charge in [-0.2, -0.15) is 13.2 Å². The average Bonchev–Trinajstić information content (AvgIpc) is 2.99. The number of methoxy groups -OCH3 is 1. The van der Waals surface area contributed by atoms with Crippen LogP contribution >= 0.6 is 12.2 Å². The van der Waals surface area contributed by atoms with Gasteiger partial charge in [-0.05, 0) is 37.0 Å². The number of hydrogen-bond acceptors (Lipinski definition) is 2. The van der Waals surface area contributed by atoms with Crippen LogP contribution in [-0.2, 0) is 12.6 Å². The van der Waals surface area contributed by atoms with Crippen LogP contribution in [0.2, 0.25) is 0 Å². The molecule has 22 heavy (non-hydrogen) atoms. The number of nitrogens with zero attached hydrogens (tertiary/aromatic N) is 1. The number of thiocarbonyl (C=S) groups is 1. The lowest BCUT2D eigenvalue weighted by Gasteiger charge is -2.22. The van der Waals surface area contributed by atoms with Gasteiger partial charge >= 0.3 is 6.18 Å². The summed E-state index contributed by atoms with van der Waals surface area (Å²) in [7, 11) is 1.28. The highest BCUT2D eigenvalue weighted by Gasteiger charge is 2.36. The number of rotatable bonds is 4. The minimum atomic E-state index is -4.45. The first-order valence-electron chi connectivity index (χ1n) is 7.45. The van der Waals surface area contributed by atoms with E-state index in [0.29, 0.717) is 22.5 Å². The van der Waals surface area contributed by atoms with E-state index in [9.17, 15) is 13.2 Å². The Morgan fingerprint density at radius 2 is 1.91 bits per heavy atom. The number of ether oxygens (including phenoxy) is 1. The van der Waals surface area contributed by atoms with Crippen LogP contribution in [0.3, 0.4) is 0 Å². The summed E-state index contributed by atoms with van der Waals surface area (Å²) in [6.45, 7) is 3.56.